The van der Waals surface area contributed by atoms with Crippen LogP contribution in [0.2, 0.25) is 0 Å². The Morgan fingerprint density at radius 2 is 1.97 bits per heavy atom. The van der Waals surface area contributed by atoms with E-state index in [1.54, 1.807) is 4.68 Å². The number of anilines is 1. The number of aliphatic hydroxyl groups excluding tert-OH is 1. The number of carbonyl (C=O) groups excluding carboxylic acids is 2. The Morgan fingerprint density at radius 1 is 1.18 bits per heavy atom. The van der Waals surface area contributed by atoms with Crippen LogP contribution >= 0.6 is 0 Å². The second-order valence-electron chi connectivity index (χ2n) is 12.3. The monoisotopic (exact) mass is 523 g/mol. The molecule has 2 saturated heterocycles. The first-order valence-electron chi connectivity index (χ1n) is 13.9. The summed E-state index contributed by atoms with van der Waals surface area (Å²) in [7, 11) is 0. The Morgan fingerprint density at radius 3 is 2.71 bits per heavy atom. The molecule has 0 unspecified atom stereocenters. The smallest absolute Gasteiger partial charge is 0.274 e. The molecule has 1 aromatic heterocycles. The molecule has 4 atom stereocenters. The quantitative estimate of drug-likeness (QED) is 0.667. The summed E-state index contributed by atoms with van der Waals surface area (Å²) < 4.78 is 15.9. The molecule has 2 aliphatic heterocycles. The number of aromatic nitrogens is 2. The van der Waals surface area contributed by atoms with Gasteiger partial charge in [0.1, 0.15) is 12.7 Å². The second-order valence-corrected chi connectivity index (χ2v) is 12.3. The maximum atomic E-state index is 14.2. The summed E-state index contributed by atoms with van der Waals surface area (Å²) in [4.78, 5) is 32.9. The third-order valence-electron chi connectivity index (χ3n) is 9.25. The first-order chi connectivity index (χ1) is 18.0. The minimum absolute atomic E-state index is 0.00500. The van der Waals surface area contributed by atoms with Crippen LogP contribution < -0.4 is 4.90 Å². The van der Waals surface area contributed by atoms with E-state index in [9.17, 15) is 19.1 Å². The number of aliphatic hydroxyl groups is 1. The van der Waals surface area contributed by atoms with Crippen LogP contribution in [0.4, 0.5) is 10.1 Å². The minimum Gasteiger partial charge on any atom is -0.390 e. The van der Waals surface area contributed by atoms with Gasteiger partial charge in [-0.2, -0.15) is 5.10 Å². The molecule has 2 amide bonds. The van der Waals surface area contributed by atoms with E-state index in [2.05, 4.69) is 55.9 Å². The van der Waals surface area contributed by atoms with Gasteiger partial charge in [0.05, 0.1) is 18.2 Å². The highest BCUT2D eigenvalue weighted by molar-refractivity contribution is 5.95. The lowest BCUT2D eigenvalue weighted by Gasteiger charge is -2.48. The lowest BCUT2D eigenvalue weighted by molar-refractivity contribution is -0.138. The minimum atomic E-state index is -1.44. The number of hydrogen-bond donors (Lipinski definition) is 1. The van der Waals surface area contributed by atoms with E-state index < -0.39 is 12.3 Å². The number of hydrogen-bond acceptors (Lipinski definition) is 5. The molecule has 1 aromatic carbocycles. The predicted octanol–water partition coefficient (Wildman–Crippen LogP) is 2.83. The van der Waals surface area contributed by atoms with Gasteiger partial charge in [-0.1, -0.05) is 12.1 Å². The van der Waals surface area contributed by atoms with Crippen molar-refractivity contribution < 1.29 is 19.1 Å². The number of aryl methyl sites for hydroxylation is 1. The number of benzene rings is 1. The number of piperidine rings is 1. The Hall–Kier alpha value is -2.94. The summed E-state index contributed by atoms with van der Waals surface area (Å²) in [6.45, 7) is 10.9. The van der Waals surface area contributed by atoms with Gasteiger partial charge in [-0.05, 0) is 76.0 Å². The number of nitrogens with zero attached hydrogens (tertiary/aromatic N) is 5. The van der Waals surface area contributed by atoms with Gasteiger partial charge < -0.3 is 19.8 Å². The highest BCUT2D eigenvalue weighted by Gasteiger charge is 2.51. The van der Waals surface area contributed by atoms with E-state index in [4.69, 9.17) is 0 Å². The number of alkyl halides is 1. The fourth-order valence-electron chi connectivity index (χ4n) is 6.82. The average Bonchev–Trinajstić information content (AvgIpc) is 3.39. The van der Waals surface area contributed by atoms with Gasteiger partial charge in [-0.25, -0.2) is 4.39 Å². The Kier molecular flexibility index (Phi) is 6.05. The number of rotatable bonds is 4. The topological polar surface area (TPSA) is 81.9 Å². The van der Waals surface area contributed by atoms with Crippen LogP contribution in [0.3, 0.4) is 0 Å². The molecule has 0 spiro atoms. The number of likely N-dealkylation sites (tertiary alicyclic amines) is 1. The Bertz CT molecular complexity index is 1290. The van der Waals surface area contributed by atoms with Gasteiger partial charge in [0, 0.05) is 43.1 Å². The van der Waals surface area contributed by atoms with E-state index in [0.29, 0.717) is 30.6 Å². The predicted molar refractivity (Wildman–Crippen MR) is 142 cm³/mol. The molecule has 4 aliphatic rings. The Balaban J connectivity index is 1.20. The van der Waals surface area contributed by atoms with E-state index in [1.807, 2.05) is 4.90 Å². The maximum absolute atomic E-state index is 14.2. The van der Waals surface area contributed by atoms with E-state index in [1.165, 1.54) is 21.7 Å². The van der Waals surface area contributed by atoms with Crippen LogP contribution in [-0.4, -0.2) is 87.0 Å². The number of amides is 2. The fourth-order valence-corrected chi connectivity index (χ4v) is 6.82. The molecule has 2 aliphatic carbocycles. The number of carbonyl (C=O) groups is 2. The van der Waals surface area contributed by atoms with E-state index >= 15 is 0 Å². The van der Waals surface area contributed by atoms with Crippen molar-refractivity contribution in [2.24, 2.45) is 5.92 Å². The number of piperazine rings is 1. The van der Waals surface area contributed by atoms with Crippen molar-refractivity contribution in [3.05, 3.63) is 46.3 Å². The van der Waals surface area contributed by atoms with Crippen molar-refractivity contribution in [2.45, 2.75) is 77.2 Å². The van der Waals surface area contributed by atoms with E-state index in [-0.39, 0.29) is 36.9 Å². The highest BCUT2D eigenvalue weighted by atomic mass is 19.1. The molecule has 8 nitrogen and oxygen atoms in total. The van der Waals surface area contributed by atoms with Crippen LogP contribution in [0.15, 0.2) is 18.2 Å². The summed E-state index contributed by atoms with van der Waals surface area (Å²) in [6.07, 6.45) is -0.357. The lowest BCUT2D eigenvalue weighted by Crippen LogP contribution is -2.61. The number of halogens is 1. The molecule has 204 valence electrons. The van der Waals surface area contributed by atoms with Crippen LogP contribution in [-0.2, 0) is 17.8 Å². The standard InChI is InChI=1S/C29H38FN5O3/c1-17-6-5-7-22(18(17)2)33-10-11-34(29(3,4)16-33)25(37)15-35-23-13-19-12-20(19)26(23)27(31-35)28(38)32-9-8-24(36)21(30)14-32/h5-7,19-21,24,36H,8-16H2,1-4H3/t19-,20-,21-,24+/m1/s1. The van der Waals surface area contributed by atoms with Gasteiger partial charge in [0.2, 0.25) is 5.91 Å². The Labute approximate surface area is 223 Å². The molecule has 3 heterocycles. The number of fused-ring (bicyclic) bond motifs is 3. The molecule has 1 saturated carbocycles. The van der Waals surface area contributed by atoms with Crippen molar-refractivity contribution in [2.75, 3.05) is 37.6 Å². The van der Waals surface area contributed by atoms with Crippen molar-refractivity contribution in [3.8, 4) is 0 Å². The molecule has 3 fully saturated rings. The van der Waals surface area contributed by atoms with E-state index in [0.717, 1.165) is 37.2 Å². The first-order valence-corrected chi connectivity index (χ1v) is 13.9. The largest absolute Gasteiger partial charge is 0.390 e. The molecule has 0 bridgehead atoms. The average molecular weight is 524 g/mol. The van der Waals surface area contributed by atoms with Gasteiger partial charge in [-0.15, -0.1) is 0 Å². The van der Waals surface area contributed by atoms with Gasteiger partial charge in [0.15, 0.2) is 5.69 Å². The van der Waals surface area contributed by atoms with Crippen LogP contribution in [0.5, 0.6) is 0 Å². The molecule has 6 rings (SSSR count). The molecule has 1 N–H and O–H groups in total. The van der Waals surface area contributed by atoms with Gasteiger partial charge in [0.25, 0.3) is 5.91 Å². The maximum Gasteiger partial charge on any atom is 0.274 e. The molecule has 0 radical (unpaired) electrons. The summed E-state index contributed by atoms with van der Waals surface area (Å²) in [6, 6.07) is 6.37. The normalized spacial score (nSPS) is 27.8. The van der Waals surface area contributed by atoms with Crippen molar-refractivity contribution in [3.63, 3.8) is 0 Å². The SMILES string of the molecule is Cc1cccc(N2CCN(C(=O)Cn3nc(C(=O)N4CC[C@H](O)[C@H](F)C4)c4c3C[C@H]3C[C@@H]43)C(C)(C)C2)c1C. The zero-order chi connectivity index (χ0) is 26.9. The molecule has 38 heavy (non-hydrogen) atoms. The highest BCUT2D eigenvalue weighted by Crippen LogP contribution is 2.57. The fraction of sp³-hybridized carbons (Fsp3) is 0.621. The van der Waals surface area contributed by atoms with Crippen LogP contribution in [0, 0.1) is 19.8 Å². The third kappa shape index (κ3) is 4.19. The molecular weight excluding hydrogens is 485 g/mol. The van der Waals surface area contributed by atoms with Crippen molar-refractivity contribution in [1.29, 1.82) is 0 Å². The van der Waals surface area contributed by atoms with Gasteiger partial charge >= 0.3 is 0 Å². The zero-order valence-electron chi connectivity index (χ0n) is 22.8. The summed E-state index contributed by atoms with van der Waals surface area (Å²) in [5.41, 5.74) is 5.72. The first kappa shape index (κ1) is 25.3. The summed E-state index contributed by atoms with van der Waals surface area (Å²) >= 11 is 0. The van der Waals surface area contributed by atoms with Crippen molar-refractivity contribution >= 4 is 17.5 Å². The second kappa shape index (κ2) is 9.07. The summed E-state index contributed by atoms with van der Waals surface area (Å²) in [5, 5.41) is 14.4. The third-order valence-corrected chi connectivity index (χ3v) is 9.25. The molecular formula is C29H38FN5O3. The summed E-state index contributed by atoms with van der Waals surface area (Å²) in [5.74, 6) is 0.565. The molecule has 9 heteroatoms. The zero-order valence-corrected chi connectivity index (χ0v) is 22.8. The van der Waals surface area contributed by atoms with Crippen LogP contribution in [0.25, 0.3) is 0 Å². The van der Waals surface area contributed by atoms with Gasteiger partial charge in [-0.3, -0.25) is 14.3 Å². The lowest BCUT2D eigenvalue weighted by atomic mass is 9.96. The van der Waals surface area contributed by atoms with Crippen LogP contribution in [0.1, 0.15) is 65.5 Å². The molecule has 2 aromatic rings. The van der Waals surface area contributed by atoms with Crippen molar-refractivity contribution in [1.82, 2.24) is 19.6 Å².